The first-order valence-corrected chi connectivity index (χ1v) is 7.59. The van der Waals surface area contributed by atoms with E-state index in [0.29, 0.717) is 0 Å². The number of ether oxygens (including phenoxy) is 1. The van der Waals surface area contributed by atoms with Crippen molar-refractivity contribution >= 4 is 17.5 Å². The summed E-state index contributed by atoms with van der Waals surface area (Å²) in [4.78, 5) is 14.2. The largest absolute Gasteiger partial charge is 0.508 e. The van der Waals surface area contributed by atoms with Crippen LogP contribution in [-0.2, 0) is 11.3 Å². The van der Waals surface area contributed by atoms with Crippen molar-refractivity contribution in [3.05, 3.63) is 90.5 Å². The van der Waals surface area contributed by atoms with Gasteiger partial charge in [-0.15, -0.1) is 0 Å². The number of phenolic OH excluding ortho intramolecular Hbond substituents is 1. The van der Waals surface area contributed by atoms with Gasteiger partial charge in [-0.2, -0.15) is 0 Å². The molecule has 0 heterocycles. The van der Waals surface area contributed by atoms with E-state index < -0.39 is 6.09 Å². The van der Waals surface area contributed by atoms with E-state index in [9.17, 15) is 9.90 Å². The van der Waals surface area contributed by atoms with Crippen LogP contribution in [0.15, 0.2) is 84.9 Å². The van der Waals surface area contributed by atoms with Crippen LogP contribution in [0.25, 0.3) is 0 Å². The Bertz CT molecular complexity index is 764. The summed E-state index contributed by atoms with van der Waals surface area (Å²) in [6.07, 6.45) is -0.476. The summed E-state index contributed by atoms with van der Waals surface area (Å²) in [5.74, 6) is 0.145. The predicted molar refractivity (Wildman–Crippen MR) is 93.3 cm³/mol. The highest BCUT2D eigenvalue weighted by atomic mass is 16.6. The Kier molecular flexibility index (Phi) is 4.77. The number of anilines is 2. The van der Waals surface area contributed by atoms with Gasteiger partial charge in [0.05, 0.1) is 11.4 Å². The van der Waals surface area contributed by atoms with Gasteiger partial charge >= 0.3 is 6.09 Å². The molecular formula is C20H17NO3. The van der Waals surface area contributed by atoms with Crippen molar-refractivity contribution in [1.82, 2.24) is 0 Å². The molecule has 0 aliphatic carbocycles. The molecule has 3 rings (SSSR count). The zero-order valence-corrected chi connectivity index (χ0v) is 13.0. The minimum absolute atomic E-state index is 0.0867. The Balaban J connectivity index is 1.82. The summed E-state index contributed by atoms with van der Waals surface area (Å²) in [7, 11) is 0. The van der Waals surface area contributed by atoms with Gasteiger partial charge < -0.3 is 9.84 Å². The van der Waals surface area contributed by atoms with E-state index in [2.05, 4.69) is 0 Å². The topological polar surface area (TPSA) is 49.8 Å². The number of carbonyl (C=O) groups excluding carboxylic acids is 1. The summed E-state index contributed by atoms with van der Waals surface area (Å²) in [6, 6.07) is 25.3. The standard InChI is InChI=1S/C20H17NO3/c22-19-13-7-8-16(14-19)15-24-20(23)21(17-9-3-1-4-10-17)18-11-5-2-6-12-18/h1-14,22H,15H2. The molecule has 0 unspecified atom stereocenters. The third-order valence-corrected chi connectivity index (χ3v) is 3.48. The molecule has 1 amide bonds. The van der Waals surface area contributed by atoms with Crippen LogP contribution in [0.2, 0.25) is 0 Å². The molecule has 24 heavy (non-hydrogen) atoms. The van der Waals surface area contributed by atoms with Gasteiger partial charge in [-0.1, -0.05) is 48.5 Å². The first kappa shape index (κ1) is 15.6. The first-order chi connectivity index (χ1) is 11.7. The number of nitrogens with zero attached hydrogens (tertiary/aromatic N) is 1. The number of rotatable bonds is 4. The summed E-state index contributed by atoms with van der Waals surface area (Å²) in [5, 5.41) is 9.49. The van der Waals surface area contributed by atoms with Gasteiger partial charge in [0.15, 0.2) is 0 Å². The molecule has 0 spiro atoms. The highest BCUT2D eigenvalue weighted by Crippen LogP contribution is 2.26. The average Bonchev–Trinajstić information content (AvgIpc) is 2.62. The molecule has 3 aromatic rings. The smallest absolute Gasteiger partial charge is 0.419 e. The third-order valence-electron chi connectivity index (χ3n) is 3.48. The number of phenols is 1. The Morgan fingerprint density at radius 1 is 0.833 bits per heavy atom. The monoisotopic (exact) mass is 319 g/mol. The minimum atomic E-state index is -0.476. The van der Waals surface area contributed by atoms with Gasteiger partial charge in [-0.3, -0.25) is 0 Å². The van der Waals surface area contributed by atoms with Crippen molar-refractivity contribution in [1.29, 1.82) is 0 Å². The van der Waals surface area contributed by atoms with Crippen LogP contribution >= 0.6 is 0 Å². The van der Waals surface area contributed by atoms with Gasteiger partial charge in [-0.25, -0.2) is 9.69 Å². The van der Waals surface area contributed by atoms with Crippen LogP contribution in [-0.4, -0.2) is 11.2 Å². The predicted octanol–water partition coefficient (Wildman–Crippen LogP) is 4.87. The Hall–Kier alpha value is -3.27. The molecule has 0 atom stereocenters. The number of para-hydroxylation sites is 2. The molecule has 3 aromatic carbocycles. The number of amides is 1. The summed E-state index contributed by atoms with van der Waals surface area (Å²) in [5.41, 5.74) is 2.18. The van der Waals surface area contributed by atoms with Crippen molar-refractivity contribution in [2.24, 2.45) is 0 Å². The van der Waals surface area contributed by atoms with Crippen molar-refractivity contribution in [2.45, 2.75) is 6.61 Å². The van der Waals surface area contributed by atoms with Crippen molar-refractivity contribution in [3.8, 4) is 5.75 Å². The van der Waals surface area contributed by atoms with Crippen LogP contribution in [0, 0.1) is 0 Å². The molecule has 0 aliphatic heterocycles. The second-order valence-corrected chi connectivity index (χ2v) is 5.23. The van der Waals surface area contributed by atoms with Crippen LogP contribution in [0.5, 0.6) is 5.75 Å². The Morgan fingerprint density at radius 3 is 1.96 bits per heavy atom. The maximum Gasteiger partial charge on any atom is 0.419 e. The van der Waals surface area contributed by atoms with Gasteiger partial charge in [0.1, 0.15) is 12.4 Å². The van der Waals surface area contributed by atoms with Gasteiger partial charge in [-0.05, 0) is 42.0 Å². The number of hydrogen-bond donors (Lipinski definition) is 1. The van der Waals surface area contributed by atoms with Crippen LogP contribution < -0.4 is 4.90 Å². The molecule has 120 valence electrons. The SMILES string of the molecule is O=C(OCc1cccc(O)c1)N(c1ccccc1)c1ccccc1. The maximum atomic E-state index is 12.6. The highest BCUT2D eigenvalue weighted by molar-refractivity contribution is 5.95. The van der Waals surface area contributed by atoms with E-state index in [0.717, 1.165) is 16.9 Å². The summed E-state index contributed by atoms with van der Waals surface area (Å²) < 4.78 is 5.43. The Labute approximate surface area is 140 Å². The lowest BCUT2D eigenvalue weighted by Gasteiger charge is -2.22. The lowest BCUT2D eigenvalue weighted by molar-refractivity contribution is 0.150. The zero-order valence-electron chi connectivity index (χ0n) is 13.0. The van der Waals surface area contributed by atoms with Gasteiger partial charge in [0.2, 0.25) is 0 Å². The van der Waals surface area contributed by atoms with E-state index in [1.165, 1.54) is 4.90 Å². The number of benzene rings is 3. The second-order valence-electron chi connectivity index (χ2n) is 5.23. The van der Waals surface area contributed by atoms with Crippen molar-refractivity contribution in [3.63, 3.8) is 0 Å². The van der Waals surface area contributed by atoms with Crippen molar-refractivity contribution < 1.29 is 14.6 Å². The van der Waals surface area contributed by atoms with Crippen LogP contribution in [0.1, 0.15) is 5.56 Å². The lowest BCUT2D eigenvalue weighted by atomic mass is 10.2. The molecule has 4 heteroatoms. The number of carbonyl (C=O) groups is 1. The first-order valence-electron chi connectivity index (χ1n) is 7.59. The van der Waals surface area contributed by atoms with Gasteiger partial charge in [0, 0.05) is 0 Å². The quantitative estimate of drug-likeness (QED) is 0.746. The lowest BCUT2D eigenvalue weighted by Crippen LogP contribution is -2.26. The molecule has 0 saturated carbocycles. The molecule has 0 aliphatic rings. The van der Waals surface area contributed by atoms with E-state index >= 15 is 0 Å². The molecule has 0 fully saturated rings. The zero-order chi connectivity index (χ0) is 16.8. The molecule has 0 saturated heterocycles. The second kappa shape index (κ2) is 7.33. The maximum absolute atomic E-state index is 12.6. The molecular weight excluding hydrogens is 302 g/mol. The molecule has 4 nitrogen and oxygen atoms in total. The molecule has 1 N–H and O–H groups in total. The normalized spacial score (nSPS) is 10.2. The van der Waals surface area contributed by atoms with E-state index in [1.807, 2.05) is 60.7 Å². The van der Waals surface area contributed by atoms with Crippen LogP contribution in [0.3, 0.4) is 0 Å². The average molecular weight is 319 g/mol. The molecule has 0 radical (unpaired) electrons. The van der Waals surface area contributed by atoms with E-state index in [4.69, 9.17) is 4.74 Å². The fraction of sp³-hybridized carbons (Fsp3) is 0.0500. The minimum Gasteiger partial charge on any atom is -0.508 e. The van der Waals surface area contributed by atoms with Crippen LogP contribution in [0.4, 0.5) is 16.2 Å². The van der Waals surface area contributed by atoms with Crippen molar-refractivity contribution in [2.75, 3.05) is 4.90 Å². The molecule has 0 bridgehead atoms. The number of hydrogen-bond acceptors (Lipinski definition) is 3. The fourth-order valence-corrected chi connectivity index (χ4v) is 2.37. The Morgan fingerprint density at radius 2 is 1.42 bits per heavy atom. The summed E-state index contributed by atoms with van der Waals surface area (Å²) >= 11 is 0. The number of aromatic hydroxyl groups is 1. The van der Waals surface area contributed by atoms with E-state index in [1.54, 1.807) is 24.3 Å². The highest BCUT2D eigenvalue weighted by Gasteiger charge is 2.19. The van der Waals surface area contributed by atoms with Gasteiger partial charge in [0.25, 0.3) is 0 Å². The third kappa shape index (κ3) is 3.73. The summed E-state index contributed by atoms with van der Waals surface area (Å²) in [6.45, 7) is 0.0867. The van der Waals surface area contributed by atoms with E-state index in [-0.39, 0.29) is 12.4 Å². The molecule has 0 aromatic heterocycles. The fourth-order valence-electron chi connectivity index (χ4n) is 2.37.